The molecule has 100 valence electrons. The molecule has 1 atom stereocenters. The van der Waals surface area contributed by atoms with Gasteiger partial charge in [-0.15, -0.1) is 0 Å². The molecule has 0 amide bonds. The van der Waals surface area contributed by atoms with E-state index in [2.05, 4.69) is 18.7 Å². The highest BCUT2D eigenvalue weighted by Gasteiger charge is 2.36. The number of nitrogens with two attached hydrogens (primary N) is 1. The van der Waals surface area contributed by atoms with Gasteiger partial charge in [0.15, 0.2) is 0 Å². The Balaban J connectivity index is 1.94. The summed E-state index contributed by atoms with van der Waals surface area (Å²) in [5, 5.41) is 0. The van der Waals surface area contributed by atoms with Crippen molar-refractivity contribution in [1.82, 2.24) is 4.90 Å². The fourth-order valence-corrected chi connectivity index (χ4v) is 3.23. The Morgan fingerprint density at radius 1 is 1.29 bits per heavy atom. The Morgan fingerprint density at radius 2 is 2.00 bits per heavy atom. The third-order valence-electron chi connectivity index (χ3n) is 4.81. The lowest BCUT2D eigenvalue weighted by atomic mass is 9.70. The molecule has 3 nitrogen and oxygen atoms in total. The Morgan fingerprint density at radius 3 is 2.59 bits per heavy atom. The van der Waals surface area contributed by atoms with Crippen LogP contribution in [0, 0.1) is 11.3 Å². The summed E-state index contributed by atoms with van der Waals surface area (Å²) in [4.78, 5) is 2.59. The average Bonchev–Trinajstić information content (AvgIpc) is 2.35. The Bertz CT molecular complexity index is 236. The first kappa shape index (κ1) is 13.3. The van der Waals surface area contributed by atoms with E-state index in [1.807, 2.05) is 0 Å². The molecule has 1 heterocycles. The minimum Gasteiger partial charge on any atom is -0.379 e. The van der Waals surface area contributed by atoms with Crippen LogP contribution in [0.25, 0.3) is 0 Å². The highest BCUT2D eigenvalue weighted by atomic mass is 16.5. The summed E-state index contributed by atoms with van der Waals surface area (Å²) in [5.41, 5.74) is 6.48. The van der Waals surface area contributed by atoms with E-state index in [9.17, 15) is 0 Å². The van der Waals surface area contributed by atoms with Gasteiger partial charge in [-0.2, -0.15) is 0 Å². The normalized spacial score (nSPS) is 40.4. The van der Waals surface area contributed by atoms with Gasteiger partial charge < -0.3 is 10.5 Å². The van der Waals surface area contributed by atoms with Crippen molar-refractivity contribution in [2.24, 2.45) is 17.1 Å². The first-order valence-corrected chi connectivity index (χ1v) is 7.17. The predicted molar refractivity (Wildman–Crippen MR) is 71.0 cm³/mol. The largest absolute Gasteiger partial charge is 0.379 e. The summed E-state index contributed by atoms with van der Waals surface area (Å²) < 4.78 is 5.51. The van der Waals surface area contributed by atoms with E-state index in [0.29, 0.717) is 11.5 Å². The van der Waals surface area contributed by atoms with Gasteiger partial charge in [-0.25, -0.2) is 0 Å². The number of nitrogens with zero attached hydrogens (tertiary/aromatic N) is 1. The number of hydrogen-bond acceptors (Lipinski definition) is 3. The van der Waals surface area contributed by atoms with Gasteiger partial charge in [-0.1, -0.05) is 19.8 Å². The van der Waals surface area contributed by atoms with E-state index in [-0.39, 0.29) is 0 Å². The fourth-order valence-electron chi connectivity index (χ4n) is 3.23. The van der Waals surface area contributed by atoms with Gasteiger partial charge in [-0.05, 0) is 37.6 Å². The second-order valence-corrected chi connectivity index (χ2v) is 6.28. The van der Waals surface area contributed by atoms with Crippen LogP contribution in [0.2, 0.25) is 0 Å². The van der Waals surface area contributed by atoms with Crippen LogP contribution < -0.4 is 5.73 Å². The third kappa shape index (κ3) is 3.21. The average molecular weight is 240 g/mol. The minimum atomic E-state index is 0.387. The molecule has 0 aromatic rings. The molecule has 2 N–H and O–H groups in total. The predicted octanol–water partition coefficient (Wildman–Crippen LogP) is 1.86. The van der Waals surface area contributed by atoms with Crippen LogP contribution in [0.4, 0.5) is 0 Å². The maximum absolute atomic E-state index is 6.09. The second-order valence-electron chi connectivity index (χ2n) is 6.28. The Hall–Kier alpha value is -0.120. The van der Waals surface area contributed by atoms with Crippen molar-refractivity contribution in [2.75, 3.05) is 32.8 Å². The van der Waals surface area contributed by atoms with E-state index < -0.39 is 0 Å². The fraction of sp³-hybridized carbons (Fsp3) is 1.00. The summed E-state index contributed by atoms with van der Waals surface area (Å²) in [6.07, 6.45) is 5.34. The molecule has 2 rings (SSSR count). The molecule has 0 radical (unpaired) electrons. The number of morpholine rings is 1. The topological polar surface area (TPSA) is 38.5 Å². The van der Waals surface area contributed by atoms with Gasteiger partial charge in [0.2, 0.25) is 0 Å². The lowest BCUT2D eigenvalue weighted by Crippen LogP contribution is -2.51. The van der Waals surface area contributed by atoms with Crippen LogP contribution in [0.5, 0.6) is 0 Å². The molecule has 2 fully saturated rings. The highest BCUT2D eigenvalue weighted by Crippen LogP contribution is 2.39. The van der Waals surface area contributed by atoms with Gasteiger partial charge in [0.25, 0.3) is 0 Å². The van der Waals surface area contributed by atoms with Gasteiger partial charge in [0.1, 0.15) is 0 Å². The van der Waals surface area contributed by atoms with Gasteiger partial charge in [-0.3, -0.25) is 4.90 Å². The van der Waals surface area contributed by atoms with Gasteiger partial charge >= 0.3 is 0 Å². The van der Waals surface area contributed by atoms with Crippen molar-refractivity contribution in [3.8, 4) is 0 Å². The summed E-state index contributed by atoms with van der Waals surface area (Å²) in [6.45, 7) is 9.54. The zero-order valence-electron chi connectivity index (χ0n) is 11.5. The van der Waals surface area contributed by atoms with Crippen LogP contribution >= 0.6 is 0 Å². The number of ether oxygens (including phenoxy) is 1. The maximum Gasteiger partial charge on any atom is 0.0619 e. The number of rotatable bonds is 3. The minimum absolute atomic E-state index is 0.387. The quantitative estimate of drug-likeness (QED) is 0.818. The van der Waals surface area contributed by atoms with Crippen LogP contribution in [0.3, 0.4) is 0 Å². The van der Waals surface area contributed by atoms with E-state index >= 15 is 0 Å². The van der Waals surface area contributed by atoms with E-state index in [1.165, 1.54) is 32.2 Å². The van der Waals surface area contributed by atoms with Crippen molar-refractivity contribution in [3.63, 3.8) is 0 Å². The lowest BCUT2D eigenvalue weighted by molar-refractivity contribution is -0.0275. The van der Waals surface area contributed by atoms with Crippen molar-refractivity contribution in [2.45, 2.75) is 45.6 Å². The molecule has 1 saturated carbocycles. The molecule has 1 unspecified atom stereocenters. The molecule has 0 aromatic heterocycles. The van der Waals surface area contributed by atoms with Crippen molar-refractivity contribution >= 4 is 0 Å². The summed E-state index contributed by atoms with van der Waals surface area (Å²) >= 11 is 0. The molecule has 2 aliphatic rings. The molecular formula is C14H28N2O. The number of hydrogen-bond donors (Lipinski definition) is 1. The van der Waals surface area contributed by atoms with E-state index in [4.69, 9.17) is 10.5 Å². The molecule has 17 heavy (non-hydrogen) atoms. The molecule has 0 bridgehead atoms. The summed E-state index contributed by atoms with van der Waals surface area (Å²) in [7, 11) is 0. The SMILES string of the molecule is CC1CCC(CN)(CN2CCOCC2C)CC1. The van der Waals surface area contributed by atoms with E-state index in [1.54, 1.807) is 0 Å². The zero-order chi connectivity index (χ0) is 12.3. The summed E-state index contributed by atoms with van der Waals surface area (Å²) in [6, 6.07) is 0.562. The smallest absolute Gasteiger partial charge is 0.0619 e. The first-order chi connectivity index (χ1) is 8.15. The van der Waals surface area contributed by atoms with Gasteiger partial charge in [0.05, 0.1) is 13.2 Å². The maximum atomic E-state index is 6.09. The summed E-state index contributed by atoms with van der Waals surface area (Å²) in [5.74, 6) is 0.900. The molecule has 1 aliphatic heterocycles. The molecular weight excluding hydrogens is 212 g/mol. The zero-order valence-corrected chi connectivity index (χ0v) is 11.5. The van der Waals surface area contributed by atoms with Crippen molar-refractivity contribution in [3.05, 3.63) is 0 Å². The Kier molecular flexibility index (Phi) is 4.45. The molecule has 3 heteroatoms. The Labute approximate surface area is 106 Å². The lowest BCUT2D eigenvalue weighted by Gasteiger charge is -2.45. The highest BCUT2D eigenvalue weighted by molar-refractivity contribution is 4.90. The first-order valence-electron chi connectivity index (χ1n) is 7.17. The van der Waals surface area contributed by atoms with Crippen molar-refractivity contribution < 1.29 is 4.74 Å². The van der Waals surface area contributed by atoms with Crippen LogP contribution in [0.1, 0.15) is 39.5 Å². The molecule has 0 aromatic carbocycles. The molecule has 0 spiro atoms. The van der Waals surface area contributed by atoms with E-state index in [0.717, 1.165) is 32.2 Å². The van der Waals surface area contributed by atoms with Gasteiger partial charge in [0, 0.05) is 19.1 Å². The molecule has 1 saturated heterocycles. The van der Waals surface area contributed by atoms with Crippen molar-refractivity contribution in [1.29, 1.82) is 0 Å². The molecule has 1 aliphatic carbocycles. The third-order valence-corrected chi connectivity index (χ3v) is 4.81. The van der Waals surface area contributed by atoms with Crippen LogP contribution in [0.15, 0.2) is 0 Å². The van der Waals surface area contributed by atoms with Crippen LogP contribution in [-0.4, -0.2) is 43.8 Å². The monoisotopic (exact) mass is 240 g/mol. The standard InChI is InChI=1S/C14H28N2O/c1-12-3-5-14(10-15,6-4-12)11-16-7-8-17-9-13(16)2/h12-13H,3-11,15H2,1-2H3. The van der Waals surface area contributed by atoms with Crippen LogP contribution in [-0.2, 0) is 4.74 Å². The second kappa shape index (κ2) is 5.68.